The minimum absolute atomic E-state index is 0.328. The molecule has 1 aromatic rings. The summed E-state index contributed by atoms with van der Waals surface area (Å²) in [6.07, 6.45) is 3.50. The lowest BCUT2D eigenvalue weighted by atomic mass is 10.1. The first-order valence-electron chi connectivity index (χ1n) is 7.70. The molecule has 0 saturated carbocycles. The summed E-state index contributed by atoms with van der Waals surface area (Å²) in [5.41, 5.74) is 0.843. The Morgan fingerprint density at radius 3 is 2.68 bits per heavy atom. The van der Waals surface area contributed by atoms with E-state index in [1.54, 1.807) is 19.2 Å². The molecular weight excluding hydrogens is 279 g/mol. The van der Waals surface area contributed by atoms with Crippen molar-refractivity contribution in [2.45, 2.75) is 39.7 Å². The SMILES string of the molecule is CN=C(NCCCCC(C)C)NCc1ccc(C#N)cc1F. The van der Waals surface area contributed by atoms with Gasteiger partial charge in [-0.05, 0) is 24.5 Å². The van der Waals surface area contributed by atoms with Gasteiger partial charge in [-0.25, -0.2) is 4.39 Å². The molecule has 1 aromatic carbocycles. The molecule has 5 heteroatoms. The Morgan fingerprint density at radius 1 is 1.32 bits per heavy atom. The third-order valence-electron chi connectivity index (χ3n) is 3.35. The molecule has 0 aliphatic rings. The van der Waals surface area contributed by atoms with Gasteiger partial charge in [-0.2, -0.15) is 5.26 Å². The van der Waals surface area contributed by atoms with Crippen molar-refractivity contribution in [1.29, 1.82) is 5.26 Å². The molecule has 0 fully saturated rings. The molecule has 0 bridgehead atoms. The molecule has 1 rings (SSSR count). The van der Waals surface area contributed by atoms with Gasteiger partial charge in [-0.15, -0.1) is 0 Å². The van der Waals surface area contributed by atoms with E-state index in [1.807, 2.05) is 6.07 Å². The average Bonchev–Trinajstić information content (AvgIpc) is 2.50. The van der Waals surface area contributed by atoms with Gasteiger partial charge < -0.3 is 10.6 Å². The van der Waals surface area contributed by atoms with E-state index in [1.165, 1.54) is 18.9 Å². The Balaban J connectivity index is 2.37. The van der Waals surface area contributed by atoms with Crippen LogP contribution in [0.4, 0.5) is 4.39 Å². The van der Waals surface area contributed by atoms with Gasteiger partial charge in [0.05, 0.1) is 11.6 Å². The molecule has 0 unspecified atom stereocenters. The zero-order valence-electron chi connectivity index (χ0n) is 13.6. The number of benzene rings is 1. The number of guanidine groups is 1. The van der Waals surface area contributed by atoms with Gasteiger partial charge in [0.1, 0.15) is 5.82 Å². The highest BCUT2D eigenvalue weighted by Gasteiger charge is 2.05. The molecular formula is C17H25FN4. The molecule has 0 aliphatic carbocycles. The number of hydrogen-bond donors (Lipinski definition) is 2. The second-order valence-corrected chi connectivity index (χ2v) is 5.66. The lowest BCUT2D eigenvalue weighted by Gasteiger charge is -2.12. The largest absolute Gasteiger partial charge is 0.356 e. The van der Waals surface area contributed by atoms with Crippen molar-refractivity contribution in [2.75, 3.05) is 13.6 Å². The summed E-state index contributed by atoms with van der Waals surface area (Å²) < 4.78 is 13.8. The van der Waals surface area contributed by atoms with Crippen LogP contribution in [0.25, 0.3) is 0 Å². The molecule has 0 aromatic heterocycles. The molecule has 0 radical (unpaired) electrons. The van der Waals surface area contributed by atoms with Gasteiger partial charge in [-0.3, -0.25) is 4.99 Å². The summed E-state index contributed by atoms with van der Waals surface area (Å²) in [7, 11) is 1.69. The maximum Gasteiger partial charge on any atom is 0.191 e. The second kappa shape index (κ2) is 9.78. The van der Waals surface area contributed by atoms with Gasteiger partial charge in [0.25, 0.3) is 0 Å². The number of nitriles is 1. The van der Waals surface area contributed by atoms with Crippen molar-refractivity contribution in [1.82, 2.24) is 10.6 Å². The van der Waals surface area contributed by atoms with Crippen molar-refractivity contribution in [2.24, 2.45) is 10.9 Å². The first-order valence-corrected chi connectivity index (χ1v) is 7.70. The third-order valence-corrected chi connectivity index (χ3v) is 3.35. The lowest BCUT2D eigenvalue weighted by Crippen LogP contribution is -2.37. The van der Waals surface area contributed by atoms with Gasteiger partial charge in [-0.1, -0.05) is 32.8 Å². The summed E-state index contributed by atoms with van der Waals surface area (Å²) in [4.78, 5) is 4.12. The maximum atomic E-state index is 13.8. The number of unbranched alkanes of at least 4 members (excludes halogenated alkanes) is 1. The number of rotatable bonds is 7. The fourth-order valence-electron chi connectivity index (χ4n) is 2.04. The quantitative estimate of drug-likeness (QED) is 0.462. The molecule has 2 N–H and O–H groups in total. The van der Waals surface area contributed by atoms with Crippen LogP contribution in [0.1, 0.15) is 44.2 Å². The summed E-state index contributed by atoms with van der Waals surface area (Å²) in [5, 5.41) is 15.0. The minimum atomic E-state index is -0.376. The highest BCUT2D eigenvalue weighted by molar-refractivity contribution is 5.79. The lowest BCUT2D eigenvalue weighted by molar-refractivity contribution is 0.534. The normalized spacial score (nSPS) is 11.4. The number of aliphatic imine (C=N–C) groups is 1. The first kappa shape index (κ1) is 18.0. The summed E-state index contributed by atoms with van der Waals surface area (Å²) in [6.45, 7) is 5.63. The van der Waals surface area contributed by atoms with Crippen LogP contribution in [0.2, 0.25) is 0 Å². The van der Waals surface area contributed by atoms with Gasteiger partial charge >= 0.3 is 0 Å². The Labute approximate surface area is 132 Å². The van der Waals surface area contributed by atoms with Crippen molar-refractivity contribution in [3.63, 3.8) is 0 Å². The Kier molecular flexibility index (Phi) is 7.98. The van der Waals surface area contributed by atoms with E-state index in [0.29, 0.717) is 23.6 Å². The number of hydrogen-bond acceptors (Lipinski definition) is 2. The van der Waals surface area contributed by atoms with Gasteiger partial charge in [0.15, 0.2) is 5.96 Å². The van der Waals surface area contributed by atoms with E-state index in [0.717, 1.165) is 18.9 Å². The van der Waals surface area contributed by atoms with E-state index in [-0.39, 0.29) is 5.82 Å². The summed E-state index contributed by atoms with van der Waals surface area (Å²) >= 11 is 0. The highest BCUT2D eigenvalue weighted by atomic mass is 19.1. The fraction of sp³-hybridized carbons (Fsp3) is 0.529. The third kappa shape index (κ3) is 6.57. The van der Waals surface area contributed by atoms with Crippen LogP contribution >= 0.6 is 0 Å². The Morgan fingerprint density at radius 2 is 2.09 bits per heavy atom. The van der Waals surface area contributed by atoms with Crippen LogP contribution < -0.4 is 10.6 Å². The molecule has 4 nitrogen and oxygen atoms in total. The van der Waals surface area contributed by atoms with E-state index >= 15 is 0 Å². The van der Waals surface area contributed by atoms with Gasteiger partial charge in [0, 0.05) is 25.7 Å². The van der Waals surface area contributed by atoms with Crippen LogP contribution in [-0.2, 0) is 6.54 Å². The van der Waals surface area contributed by atoms with Crippen LogP contribution in [0.15, 0.2) is 23.2 Å². The van der Waals surface area contributed by atoms with Crippen molar-refractivity contribution in [3.05, 3.63) is 35.1 Å². The Hall–Kier alpha value is -2.09. The zero-order valence-corrected chi connectivity index (χ0v) is 13.6. The van der Waals surface area contributed by atoms with Crippen molar-refractivity contribution < 1.29 is 4.39 Å². The van der Waals surface area contributed by atoms with E-state index in [2.05, 4.69) is 29.5 Å². The summed E-state index contributed by atoms with van der Waals surface area (Å²) in [6, 6.07) is 6.41. The van der Waals surface area contributed by atoms with E-state index in [9.17, 15) is 4.39 Å². The molecule has 0 spiro atoms. The van der Waals surface area contributed by atoms with E-state index in [4.69, 9.17) is 5.26 Å². The molecule has 0 saturated heterocycles. The molecule has 0 amide bonds. The van der Waals surface area contributed by atoms with Crippen LogP contribution in [-0.4, -0.2) is 19.6 Å². The predicted molar refractivity (Wildman–Crippen MR) is 88.0 cm³/mol. The van der Waals surface area contributed by atoms with E-state index < -0.39 is 0 Å². The molecule has 0 heterocycles. The molecule has 22 heavy (non-hydrogen) atoms. The topological polar surface area (TPSA) is 60.2 Å². The number of nitrogens with one attached hydrogen (secondary N) is 2. The second-order valence-electron chi connectivity index (χ2n) is 5.66. The van der Waals surface area contributed by atoms with Crippen molar-refractivity contribution in [3.8, 4) is 6.07 Å². The predicted octanol–water partition coefficient (Wildman–Crippen LogP) is 3.19. The first-order chi connectivity index (χ1) is 10.6. The monoisotopic (exact) mass is 304 g/mol. The summed E-state index contributed by atoms with van der Waals surface area (Å²) in [5.74, 6) is 1.02. The standard InChI is InChI=1S/C17H25FN4/c1-13(2)6-4-5-9-21-17(20-3)22-12-15-8-7-14(11-19)10-16(15)18/h7-8,10,13H,4-6,9,12H2,1-3H3,(H2,20,21,22). The smallest absolute Gasteiger partial charge is 0.191 e. The van der Waals surface area contributed by atoms with Crippen LogP contribution in [0.5, 0.6) is 0 Å². The molecule has 0 atom stereocenters. The van der Waals surface area contributed by atoms with Crippen molar-refractivity contribution >= 4 is 5.96 Å². The minimum Gasteiger partial charge on any atom is -0.356 e. The number of halogens is 1. The molecule has 0 aliphatic heterocycles. The average molecular weight is 304 g/mol. The fourth-order valence-corrected chi connectivity index (χ4v) is 2.04. The molecule has 120 valence electrons. The highest BCUT2D eigenvalue weighted by Crippen LogP contribution is 2.09. The zero-order chi connectivity index (χ0) is 16.4. The number of nitrogens with zero attached hydrogens (tertiary/aromatic N) is 2. The van der Waals surface area contributed by atoms with Gasteiger partial charge in [0.2, 0.25) is 0 Å². The maximum absolute atomic E-state index is 13.8. The van der Waals surface area contributed by atoms with Crippen LogP contribution in [0.3, 0.4) is 0 Å². The van der Waals surface area contributed by atoms with Crippen LogP contribution in [0, 0.1) is 23.1 Å². The Bertz CT molecular complexity index is 532.